The molecular formula is C45H58N8O4. The molecule has 8 rings (SSSR count). The Kier molecular flexibility index (Phi) is 11.8. The number of hydrogen-bond acceptors (Lipinski definition) is 6. The van der Waals surface area contributed by atoms with Gasteiger partial charge in [-0.1, -0.05) is 75.2 Å². The largest absolute Gasteiger partial charge is 0.465 e. The van der Waals surface area contributed by atoms with Gasteiger partial charge in [-0.15, -0.1) is 0 Å². The maximum absolute atomic E-state index is 13.8. The number of nitrogens with one attached hydrogen (secondary N) is 3. The zero-order chi connectivity index (χ0) is 39.5. The summed E-state index contributed by atoms with van der Waals surface area (Å²) in [5.41, 5.74) is 6.14. The minimum absolute atomic E-state index is 0.00684. The van der Waals surface area contributed by atoms with Crippen molar-refractivity contribution in [2.75, 3.05) is 26.2 Å². The fourth-order valence-electron chi connectivity index (χ4n) is 10.3. The molecule has 4 fully saturated rings. The van der Waals surface area contributed by atoms with Gasteiger partial charge in [-0.2, -0.15) is 0 Å². The van der Waals surface area contributed by atoms with E-state index >= 15 is 0 Å². The van der Waals surface area contributed by atoms with Crippen LogP contribution in [0.1, 0.15) is 115 Å². The van der Waals surface area contributed by atoms with Gasteiger partial charge in [0.15, 0.2) is 0 Å². The van der Waals surface area contributed by atoms with Crippen molar-refractivity contribution in [1.29, 1.82) is 0 Å². The van der Waals surface area contributed by atoms with E-state index in [0.717, 1.165) is 129 Å². The number of imidazole rings is 2. The third-order valence-corrected chi connectivity index (χ3v) is 13.4. The molecule has 2 saturated carbocycles. The van der Waals surface area contributed by atoms with Crippen LogP contribution in [0, 0.1) is 11.8 Å². The Labute approximate surface area is 335 Å². The van der Waals surface area contributed by atoms with E-state index in [-0.39, 0.29) is 35.9 Å². The number of H-pyrrole nitrogens is 2. The van der Waals surface area contributed by atoms with E-state index in [4.69, 9.17) is 9.97 Å². The number of nitrogens with zero attached hydrogens (tertiary/aromatic N) is 5. The summed E-state index contributed by atoms with van der Waals surface area (Å²) in [6.45, 7) is 8.08. The summed E-state index contributed by atoms with van der Waals surface area (Å²) in [5, 5.41) is 11.9. The fraction of sp³-hybridized carbons (Fsp3) is 0.533. The van der Waals surface area contributed by atoms with E-state index in [1.165, 1.54) is 0 Å². The van der Waals surface area contributed by atoms with Crippen LogP contribution in [0.5, 0.6) is 0 Å². The van der Waals surface area contributed by atoms with Crippen molar-refractivity contribution < 1.29 is 19.5 Å². The number of amides is 3. The monoisotopic (exact) mass is 774 g/mol. The normalized spacial score (nSPS) is 25.2. The maximum atomic E-state index is 13.8. The second-order valence-electron chi connectivity index (χ2n) is 16.6. The molecule has 3 amide bonds. The molecule has 4 aromatic rings. The molecule has 0 radical (unpaired) electrons. The van der Waals surface area contributed by atoms with Crippen LogP contribution in [-0.2, 0) is 9.59 Å². The van der Waals surface area contributed by atoms with E-state index < -0.39 is 6.09 Å². The first kappa shape index (κ1) is 38.9. The van der Waals surface area contributed by atoms with Gasteiger partial charge in [0.25, 0.3) is 0 Å². The van der Waals surface area contributed by atoms with Crippen molar-refractivity contribution in [2.24, 2.45) is 11.8 Å². The van der Waals surface area contributed by atoms with E-state index in [1.54, 1.807) is 0 Å². The molecular weight excluding hydrogens is 717 g/mol. The molecule has 4 N–H and O–H groups in total. The number of aromatic amines is 2. The van der Waals surface area contributed by atoms with Gasteiger partial charge in [0.05, 0.1) is 41.8 Å². The predicted molar refractivity (Wildman–Crippen MR) is 220 cm³/mol. The van der Waals surface area contributed by atoms with Crippen molar-refractivity contribution in [1.82, 2.24) is 40.0 Å². The second kappa shape index (κ2) is 17.3. The smallest absolute Gasteiger partial charge is 0.404 e. The molecule has 0 spiro atoms. The highest BCUT2D eigenvalue weighted by atomic mass is 16.4. The van der Waals surface area contributed by atoms with Crippen molar-refractivity contribution in [3.63, 3.8) is 0 Å². The second-order valence-corrected chi connectivity index (χ2v) is 16.6. The van der Waals surface area contributed by atoms with Crippen LogP contribution < -0.4 is 5.32 Å². The molecule has 4 aliphatic rings. The number of carbonyl (C=O) groups is 3. The van der Waals surface area contributed by atoms with Crippen LogP contribution in [0.4, 0.5) is 4.79 Å². The Morgan fingerprint density at radius 1 is 0.667 bits per heavy atom. The van der Waals surface area contributed by atoms with Gasteiger partial charge < -0.3 is 35.1 Å². The van der Waals surface area contributed by atoms with Crippen molar-refractivity contribution in [2.45, 2.75) is 115 Å². The Morgan fingerprint density at radius 2 is 1.16 bits per heavy atom. The summed E-state index contributed by atoms with van der Waals surface area (Å²) >= 11 is 0. The van der Waals surface area contributed by atoms with Gasteiger partial charge in [0, 0.05) is 31.1 Å². The predicted octanol–water partition coefficient (Wildman–Crippen LogP) is 8.19. The fourth-order valence-corrected chi connectivity index (χ4v) is 10.3. The molecule has 4 heterocycles. The molecule has 2 unspecified atom stereocenters. The number of hydrogen-bond donors (Lipinski definition) is 4. The summed E-state index contributed by atoms with van der Waals surface area (Å²) in [4.78, 5) is 62.1. The Morgan fingerprint density at radius 3 is 1.67 bits per heavy atom. The van der Waals surface area contributed by atoms with Crippen molar-refractivity contribution >= 4 is 17.9 Å². The number of rotatable bonds is 11. The van der Waals surface area contributed by atoms with Crippen molar-refractivity contribution in [3.05, 3.63) is 72.6 Å². The summed E-state index contributed by atoms with van der Waals surface area (Å²) in [6, 6.07) is 17.1. The Bertz CT molecular complexity index is 2000. The molecule has 2 aromatic carbocycles. The molecule has 302 valence electrons. The van der Waals surface area contributed by atoms with Crippen molar-refractivity contribution in [3.8, 4) is 33.6 Å². The third kappa shape index (κ3) is 8.24. The summed E-state index contributed by atoms with van der Waals surface area (Å²) in [7, 11) is 0. The SMILES string of the molecule is CCN(CC)[C@H]1CC[C@@H](C(=O)N2CCCC2c2ncc(-c3ccc(-c4ccc(-c5cnc(C6CCCN6C(=O)[C@H]6CCCC[C@H]6NC(=O)O)[nH]5)cc4)cc3)[nH]2)CC1. The first-order valence-corrected chi connectivity index (χ1v) is 21.5. The molecule has 12 heteroatoms. The van der Waals surface area contributed by atoms with Gasteiger partial charge in [0.1, 0.15) is 11.6 Å². The lowest BCUT2D eigenvalue weighted by Crippen LogP contribution is -2.49. The summed E-state index contributed by atoms with van der Waals surface area (Å²) < 4.78 is 0. The maximum Gasteiger partial charge on any atom is 0.404 e. The standard InChI is InChI=1S/C45H58N8O4/c1-3-51(4-2)34-23-21-33(22-24-34)43(54)52-25-7-11-39(52)41-46-27-37(48-41)31-17-13-29(14-18-31)30-15-19-32(20-16-30)38-28-47-42(49-38)40-12-8-26-53(40)44(55)35-9-5-6-10-36(35)50-45(56)57/h13-20,27-28,33-36,39-40,50H,3-12,21-26H2,1-2H3,(H,46,48)(H,47,49)(H,56,57)/t33-,34+,35-,36+,39?,40?/m0/s1. The van der Waals surface area contributed by atoms with Gasteiger partial charge in [-0.25, -0.2) is 14.8 Å². The average Bonchev–Trinajstić information content (AvgIpc) is 4.09. The lowest BCUT2D eigenvalue weighted by atomic mass is 9.83. The lowest BCUT2D eigenvalue weighted by molar-refractivity contribution is -0.139. The highest BCUT2D eigenvalue weighted by Crippen LogP contribution is 2.38. The summed E-state index contributed by atoms with van der Waals surface area (Å²) in [6.07, 6.45) is 13.8. The molecule has 2 aliphatic heterocycles. The number of carbonyl (C=O) groups excluding carboxylic acids is 2. The molecule has 2 aromatic heterocycles. The number of aromatic nitrogens is 4. The zero-order valence-electron chi connectivity index (χ0n) is 33.5. The molecule has 57 heavy (non-hydrogen) atoms. The molecule has 2 aliphatic carbocycles. The number of carboxylic acid groups (broad SMARTS) is 1. The van der Waals surface area contributed by atoms with E-state index in [1.807, 2.05) is 17.3 Å². The quantitative estimate of drug-likeness (QED) is 0.120. The van der Waals surface area contributed by atoms with E-state index in [9.17, 15) is 19.5 Å². The number of benzene rings is 2. The summed E-state index contributed by atoms with van der Waals surface area (Å²) in [5.74, 6) is 1.79. The van der Waals surface area contributed by atoms with Crippen LogP contribution in [0.15, 0.2) is 60.9 Å². The minimum Gasteiger partial charge on any atom is -0.465 e. The van der Waals surface area contributed by atoms with Gasteiger partial charge in [0.2, 0.25) is 11.8 Å². The molecule has 2 saturated heterocycles. The van der Waals surface area contributed by atoms with Crippen LogP contribution in [-0.4, -0.2) is 95.9 Å². The highest BCUT2D eigenvalue weighted by molar-refractivity contribution is 5.81. The Balaban J connectivity index is 0.885. The van der Waals surface area contributed by atoms with Crippen LogP contribution >= 0.6 is 0 Å². The minimum atomic E-state index is -1.07. The van der Waals surface area contributed by atoms with E-state index in [0.29, 0.717) is 31.3 Å². The van der Waals surface area contributed by atoms with E-state index in [2.05, 4.69) is 87.5 Å². The topological polar surface area (TPSA) is 151 Å². The van der Waals surface area contributed by atoms with Crippen LogP contribution in [0.25, 0.3) is 33.6 Å². The first-order chi connectivity index (χ1) is 27.8. The van der Waals surface area contributed by atoms with Gasteiger partial charge >= 0.3 is 6.09 Å². The zero-order valence-corrected chi connectivity index (χ0v) is 33.5. The van der Waals surface area contributed by atoms with Gasteiger partial charge in [-0.3, -0.25) is 9.59 Å². The van der Waals surface area contributed by atoms with Gasteiger partial charge in [-0.05, 0) is 99.6 Å². The lowest BCUT2D eigenvalue weighted by Gasteiger charge is -2.37. The average molecular weight is 775 g/mol. The molecule has 4 atom stereocenters. The van der Waals surface area contributed by atoms with Crippen LogP contribution in [0.3, 0.4) is 0 Å². The first-order valence-electron chi connectivity index (χ1n) is 21.5. The third-order valence-electron chi connectivity index (χ3n) is 13.4. The Hall–Kier alpha value is -4.97. The molecule has 12 nitrogen and oxygen atoms in total. The highest BCUT2D eigenvalue weighted by Gasteiger charge is 2.40. The number of likely N-dealkylation sites (tertiary alicyclic amines) is 2. The van der Waals surface area contributed by atoms with Crippen LogP contribution in [0.2, 0.25) is 0 Å². The molecule has 0 bridgehead atoms.